The molecule has 3 rings (SSSR count). The molecule has 12 nitrogen and oxygen atoms in total. The van der Waals surface area contributed by atoms with E-state index in [4.69, 9.17) is 28.4 Å². The number of esters is 2. The van der Waals surface area contributed by atoms with Crippen molar-refractivity contribution in [1.29, 1.82) is 0 Å². The first-order valence-electron chi connectivity index (χ1n) is 15.9. The highest BCUT2D eigenvalue weighted by Crippen LogP contribution is 2.55. The molecule has 2 saturated heterocycles. The molecule has 4 N–H and O–H groups in total. The molecule has 0 spiro atoms. The minimum Gasteiger partial charge on any atom is -0.458 e. The Morgan fingerprint density at radius 2 is 1.54 bits per heavy atom. The number of aliphatic hydroxyl groups is 4. The van der Waals surface area contributed by atoms with Crippen LogP contribution in [-0.2, 0) is 44.4 Å². The number of fused-ring (bicyclic) bond motifs is 2. The number of benzene rings is 1. The van der Waals surface area contributed by atoms with Crippen molar-refractivity contribution >= 4 is 11.9 Å². The van der Waals surface area contributed by atoms with Gasteiger partial charge in [0.2, 0.25) is 5.60 Å². The first kappa shape index (κ1) is 38.3. The van der Waals surface area contributed by atoms with Crippen LogP contribution in [0.5, 0.6) is 0 Å². The van der Waals surface area contributed by atoms with Crippen LogP contribution in [0.15, 0.2) is 30.3 Å². The van der Waals surface area contributed by atoms with Gasteiger partial charge >= 0.3 is 11.9 Å². The molecule has 12 heteroatoms. The molecular weight excluding hydrogens is 600 g/mol. The van der Waals surface area contributed by atoms with Gasteiger partial charge in [0.15, 0.2) is 23.3 Å². The van der Waals surface area contributed by atoms with Crippen LogP contribution < -0.4 is 0 Å². The van der Waals surface area contributed by atoms with Gasteiger partial charge in [0.1, 0.15) is 23.4 Å². The third-order valence-corrected chi connectivity index (χ3v) is 8.43. The van der Waals surface area contributed by atoms with E-state index in [1.54, 1.807) is 41.5 Å². The summed E-state index contributed by atoms with van der Waals surface area (Å²) in [6.45, 7) is 13.8. The first-order chi connectivity index (χ1) is 21.0. The van der Waals surface area contributed by atoms with Gasteiger partial charge < -0.3 is 48.8 Å². The minimum absolute atomic E-state index is 0.117. The first-order valence-corrected chi connectivity index (χ1v) is 15.9. The van der Waals surface area contributed by atoms with Crippen molar-refractivity contribution in [2.24, 2.45) is 5.92 Å². The van der Waals surface area contributed by atoms with Crippen LogP contribution in [0.2, 0.25) is 0 Å². The van der Waals surface area contributed by atoms with Crippen LogP contribution in [0, 0.1) is 5.92 Å². The maximum atomic E-state index is 14.1. The van der Waals surface area contributed by atoms with Gasteiger partial charge in [-0.1, -0.05) is 37.3 Å². The molecule has 0 unspecified atom stereocenters. The molecule has 2 fully saturated rings. The number of carbonyl (C=O) groups is 2. The third kappa shape index (κ3) is 8.10. The summed E-state index contributed by atoms with van der Waals surface area (Å²) in [5.41, 5.74) is -6.65. The summed E-state index contributed by atoms with van der Waals surface area (Å²) < 4.78 is 34.7. The smallest absolute Gasteiger partial charge is 0.345 e. The molecule has 0 amide bonds. The fourth-order valence-corrected chi connectivity index (χ4v) is 5.82. The maximum Gasteiger partial charge on any atom is 0.345 e. The van der Waals surface area contributed by atoms with Crippen LogP contribution in [0.1, 0.15) is 87.1 Å². The van der Waals surface area contributed by atoms with Gasteiger partial charge in [0, 0.05) is 13.5 Å². The molecule has 0 aromatic heterocycles. The van der Waals surface area contributed by atoms with Gasteiger partial charge in [-0.25, -0.2) is 9.59 Å². The van der Waals surface area contributed by atoms with Gasteiger partial charge in [-0.15, -0.1) is 0 Å². The zero-order valence-electron chi connectivity index (χ0n) is 28.9. The normalized spacial score (nSPS) is 31.3. The lowest BCUT2D eigenvalue weighted by Crippen LogP contribution is -2.77. The average molecular weight is 655 g/mol. The van der Waals surface area contributed by atoms with Crippen LogP contribution in [0.4, 0.5) is 0 Å². The van der Waals surface area contributed by atoms with E-state index in [1.165, 1.54) is 21.0 Å². The Morgan fingerprint density at radius 3 is 2.09 bits per heavy atom. The molecule has 2 bridgehead atoms. The van der Waals surface area contributed by atoms with Crippen LogP contribution in [0.3, 0.4) is 0 Å². The minimum atomic E-state index is -2.78. The Bertz CT molecular complexity index is 1190. The molecule has 262 valence electrons. The highest BCUT2D eigenvalue weighted by Gasteiger charge is 2.82. The highest BCUT2D eigenvalue weighted by atomic mass is 16.8. The number of hydrogen-bond acceptors (Lipinski definition) is 12. The Balaban J connectivity index is 2.03. The number of methoxy groups -OCH3 is 1. The molecule has 8 atom stereocenters. The number of carbonyl (C=O) groups excluding carboxylic acids is 2. The Hall–Kier alpha value is -2.16. The molecule has 0 saturated carbocycles. The van der Waals surface area contributed by atoms with E-state index >= 15 is 0 Å². The zero-order chi connectivity index (χ0) is 34.9. The van der Waals surface area contributed by atoms with Crippen molar-refractivity contribution in [3.63, 3.8) is 0 Å². The molecule has 1 aromatic carbocycles. The fraction of sp³-hybridized carbons (Fsp3) is 0.765. The Labute approximate surface area is 272 Å². The number of aliphatic hydroxyl groups excluding tert-OH is 3. The summed E-state index contributed by atoms with van der Waals surface area (Å²) >= 11 is 0. The predicted molar refractivity (Wildman–Crippen MR) is 166 cm³/mol. The summed E-state index contributed by atoms with van der Waals surface area (Å²) in [5.74, 6) is -5.92. The molecule has 46 heavy (non-hydrogen) atoms. The molecule has 0 radical (unpaired) electrons. The van der Waals surface area contributed by atoms with Gasteiger partial charge in [-0.05, 0) is 86.1 Å². The quantitative estimate of drug-likeness (QED) is 0.181. The second kappa shape index (κ2) is 13.8. The molecular formula is C34H54O12. The second-order valence-corrected chi connectivity index (χ2v) is 15.0. The van der Waals surface area contributed by atoms with E-state index in [-0.39, 0.29) is 25.2 Å². The number of rotatable bonds is 13. The summed E-state index contributed by atoms with van der Waals surface area (Å²) in [5, 5.41) is 46.6. The van der Waals surface area contributed by atoms with Crippen LogP contribution in [0.25, 0.3) is 0 Å². The topological polar surface area (TPSA) is 170 Å². The number of ether oxygens (including phenoxy) is 6. The Kier molecular flexibility index (Phi) is 11.4. The van der Waals surface area contributed by atoms with Crippen LogP contribution >= 0.6 is 0 Å². The van der Waals surface area contributed by atoms with Gasteiger partial charge in [-0.3, -0.25) is 0 Å². The lowest BCUT2D eigenvalue weighted by atomic mass is 9.74. The molecule has 2 aliphatic heterocycles. The summed E-state index contributed by atoms with van der Waals surface area (Å²) in [4.78, 5) is 27.9. The molecule has 0 aliphatic carbocycles. The number of hydrogen-bond donors (Lipinski definition) is 4. The Morgan fingerprint density at radius 1 is 0.957 bits per heavy atom. The monoisotopic (exact) mass is 654 g/mol. The van der Waals surface area contributed by atoms with Crippen molar-refractivity contribution in [2.45, 2.75) is 146 Å². The summed E-state index contributed by atoms with van der Waals surface area (Å²) in [6.07, 6.45) is -5.88. The SMILES string of the molecule is COC(C)(C)OC[C@]1(O)[C@@H](C(=O)OC(C)(C)C)O[C@@]2(CCC[C@@H](O)[C@H](C)Cc3ccccc3)O[C@]1(C(=O)OC(C)(C)C)[C@H](O)[C@H]2O. The zero-order valence-corrected chi connectivity index (χ0v) is 28.9. The van der Waals surface area contributed by atoms with E-state index in [2.05, 4.69) is 0 Å². The lowest BCUT2D eigenvalue weighted by Gasteiger charge is -2.52. The second-order valence-electron chi connectivity index (χ2n) is 15.0. The van der Waals surface area contributed by atoms with Crippen LogP contribution in [-0.4, -0.2) is 104 Å². The van der Waals surface area contributed by atoms with Crippen molar-refractivity contribution in [1.82, 2.24) is 0 Å². The van der Waals surface area contributed by atoms with Gasteiger partial charge in [0.25, 0.3) is 0 Å². The van der Waals surface area contributed by atoms with Crippen molar-refractivity contribution in [2.75, 3.05) is 13.7 Å². The van der Waals surface area contributed by atoms with E-state index in [0.717, 1.165) is 5.56 Å². The highest BCUT2D eigenvalue weighted by molar-refractivity contribution is 5.88. The summed E-state index contributed by atoms with van der Waals surface area (Å²) in [7, 11) is 1.36. The molecule has 1 aromatic rings. The summed E-state index contributed by atoms with van der Waals surface area (Å²) in [6, 6.07) is 9.74. The largest absolute Gasteiger partial charge is 0.458 e. The van der Waals surface area contributed by atoms with Gasteiger partial charge in [0.05, 0.1) is 12.7 Å². The van der Waals surface area contributed by atoms with E-state index in [9.17, 15) is 30.0 Å². The van der Waals surface area contributed by atoms with E-state index < -0.39 is 76.9 Å². The van der Waals surface area contributed by atoms with E-state index in [1.807, 2.05) is 37.3 Å². The molecule has 2 aliphatic rings. The van der Waals surface area contributed by atoms with E-state index in [0.29, 0.717) is 6.42 Å². The lowest BCUT2D eigenvalue weighted by molar-refractivity contribution is -0.394. The predicted octanol–water partition coefficient (Wildman–Crippen LogP) is 2.80. The third-order valence-electron chi connectivity index (χ3n) is 8.43. The van der Waals surface area contributed by atoms with Crippen molar-refractivity contribution < 1.29 is 58.4 Å². The fourth-order valence-electron chi connectivity index (χ4n) is 5.82. The average Bonchev–Trinajstić information content (AvgIpc) is 3.14. The molecule has 2 heterocycles. The van der Waals surface area contributed by atoms with Crippen molar-refractivity contribution in [3.05, 3.63) is 35.9 Å². The maximum absolute atomic E-state index is 14.1. The van der Waals surface area contributed by atoms with Crippen molar-refractivity contribution in [3.8, 4) is 0 Å². The standard InChI is InChI=1S/C34H54O12/c1-21(19-22-15-12-11-13-16-22)23(35)17-14-18-33-24(36)25(37)34(46-33,28(39)45-30(5,6)7)32(40,20-42-31(8,9)41-10)26(43-33)27(38)44-29(2,3)4/h11-13,15-16,21,23-26,35-37,40H,14,17-20H2,1-10H3/t21-,23-,24-,25-,26-,32+,33+,34+/m1/s1. The van der Waals surface area contributed by atoms with Gasteiger partial charge in [-0.2, -0.15) is 0 Å².